The van der Waals surface area contributed by atoms with Gasteiger partial charge < -0.3 is 10.2 Å². The topological polar surface area (TPSA) is 42.1 Å². The molecule has 3 fully saturated rings. The Kier molecular flexibility index (Phi) is 7.99. The molecule has 0 bridgehead atoms. The lowest BCUT2D eigenvalue weighted by molar-refractivity contribution is -0.127. The summed E-state index contributed by atoms with van der Waals surface area (Å²) in [5, 5.41) is 3.35. The molecule has 31 heavy (non-hydrogen) atoms. The van der Waals surface area contributed by atoms with Gasteiger partial charge in [-0.1, -0.05) is 30.3 Å². The minimum atomic E-state index is -0.0291. The number of nitrogens with one attached hydrogen (secondary N) is 1. The van der Waals surface area contributed by atoms with Crippen LogP contribution in [0.5, 0.6) is 0 Å². The summed E-state index contributed by atoms with van der Waals surface area (Å²) >= 11 is 0. The van der Waals surface area contributed by atoms with Crippen LogP contribution in [-0.4, -0.2) is 103 Å². The molecule has 0 spiro atoms. The average Bonchev–Trinajstić information content (AvgIpc) is 2.81. The van der Waals surface area contributed by atoms with E-state index >= 15 is 0 Å². The quantitative estimate of drug-likeness (QED) is 0.751. The van der Waals surface area contributed by atoms with Gasteiger partial charge in [0.15, 0.2) is 0 Å². The number of piperazine rings is 1. The van der Waals surface area contributed by atoms with Crippen LogP contribution in [0.1, 0.15) is 38.2 Å². The van der Waals surface area contributed by atoms with Crippen LogP contribution in [0.25, 0.3) is 0 Å². The first-order valence-electron chi connectivity index (χ1n) is 12.3. The zero-order valence-electron chi connectivity index (χ0n) is 19.5. The first-order chi connectivity index (χ1) is 15.1. The summed E-state index contributed by atoms with van der Waals surface area (Å²) in [6, 6.07) is 11.7. The molecule has 1 amide bonds. The third-order valence-electron chi connectivity index (χ3n) is 7.57. The summed E-state index contributed by atoms with van der Waals surface area (Å²) in [5.74, 6) is 0.215. The Balaban J connectivity index is 1.16. The number of hydrogen-bond donors (Lipinski definition) is 1. The van der Waals surface area contributed by atoms with E-state index in [0.717, 1.165) is 58.7 Å². The highest BCUT2D eigenvalue weighted by Crippen LogP contribution is 2.18. The van der Waals surface area contributed by atoms with Gasteiger partial charge in [-0.2, -0.15) is 0 Å². The number of likely N-dealkylation sites (N-methyl/N-ethyl adjacent to an activating group) is 1. The average molecular weight is 428 g/mol. The number of amides is 1. The highest BCUT2D eigenvalue weighted by molar-refractivity contribution is 5.81. The normalized spacial score (nSPS) is 26.6. The van der Waals surface area contributed by atoms with Gasteiger partial charge in [0.2, 0.25) is 5.91 Å². The monoisotopic (exact) mass is 427 g/mol. The Bertz CT molecular complexity index is 682. The number of rotatable bonds is 6. The fraction of sp³-hybridized carbons (Fsp3) is 0.720. The summed E-state index contributed by atoms with van der Waals surface area (Å²) < 4.78 is 0. The maximum absolute atomic E-state index is 12.9. The predicted molar refractivity (Wildman–Crippen MR) is 126 cm³/mol. The van der Waals surface area contributed by atoms with Crippen LogP contribution >= 0.6 is 0 Å². The number of likely N-dealkylation sites (tertiary alicyclic amines) is 2. The molecule has 2 unspecified atom stereocenters. The van der Waals surface area contributed by atoms with Gasteiger partial charge in [-0.05, 0) is 51.8 Å². The summed E-state index contributed by atoms with van der Waals surface area (Å²) in [4.78, 5) is 22.9. The lowest BCUT2D eigenvalue weighted by Gasteiger charge is -2.44. The molecule has 0 saturated carbocycles. The molecular weight excluding hydrogens is 386 g/mol. The van der Waals surface area contributed by atoms with Gasteiger partial charge in [0, 0.05) is 64.4 Å². The van der Waals surface area contributed by atoms with Gasteiger partial charge in [-0.15, -0.1) is 0 Å². The molecule has 1 aromatic carbocycles. The zero-order valence-corrected chi connectivity index (χ0v) is 19.5. The SMILES string of the molecule is CC(C(=O)NC1CCN(Cc2ccccc2)CC1)N1CCN(C2CCCN(C)C2)CC1. The van der Waals surface area contributed by atoms with Crippen molar-refractivity contribution < 1.29 is 4.79 Å². The molecule has 1 aromatic rings. The number of benzene rings is 1. The molecule has 3 saturated heterocycles. The molecule has 0 aromatic heterocycles. The standard InChI is InChI=1S/C25H41N5O/c1-21(29-15-17-30(18-16-29)24-9-6-12-27(2)20-24)25(31)26-23-10-13-28(14-11-23)19-22-7-4-3-5-8-22/h3-5,7-8,21,23-24H,6,9-20H2,1-2H3,(H,26,31). The van der Waals surface area contributed by atoms with Crippen molar-refractivity contribution in [3.63, 3.8) is 0 Å². The molecule has 0 radical (unpaired) electrons. The summed E-state index contributed by atoms with van der Waals surface area (Å²) in [6.07, 6.45) is 4.73. The van der Waals surface area contributed by atoms with E-state index < -0.39 is 0 Å². The molecule has 3 heterocycles. The van der Waals surface area contributed by atoms with Crippen molar-refractivity contribution in [2.24, 2.45) is 0 Å². The Labute approximate surface area is 188 Å². The van der Waals surface area contributed by atoms with Gasteiger partial charge in [-0.25, -0.2) is 0 Å². The van der Waals surface area contributed by atoms with Gasteiger partial charge >= 0.3 is 0 Å². The second-order valence-corrected chi connectivity index (χ2v) is 9.85. The van der Waals surface area contributed by atoms with E-state index in [4.69, 9.17) is 0 Å². The molecule has 4 rings (SSSR count). The Morgan fingerprint density at radius 2 is 1.71 bits per heavy atom. The third kappa shape index (κ3) is 6.28. The van der Waals surface area contributed by atoms with Gasteiger partial charge in [0.1, 0.15) is 0 Å². The number of carbonyl (C=O) groups is 1. The predicted octanol–water partition coefficient (Wildman–Crippen LogP) is 1.87. The minimum Gasteiger partial charge on any atom is -0.352 e. The van der Waals surface area contributed by atoms with Crippen LogP contribution in [0.3, 0.4) is 0 Å². The van der Waals surface area contributed by atoms with E-state index in [1.165, 1.54) is 31.5 Å². The smallest absolute Gasteiger partial charge is 0.237 e. The van der Waals surface area contributed by atoms with Crippen LogP contribution < -0.4 is 5.32 Å². The van der Waals surface area contributed by atoms with Crippen molar-refractivity contribution in [3.8, 4) is 0 Å². The van der Waals surface area contributed by atoms with Crippen LogP contribution in [0.2, 0.25) is 0 Å². The first kappa shape index (κ1) is 22.7. The highest BCUT2D eigenvalue weighted by atomic mass is 16.2. The third-order valence-corrected chi connectivity index (χ3v) is 7.57. The van der Waals surface area contributed by atoms with E-state index in [0.29, 0.717) is 12.1 Å². The molecule has 3 aliphatic heterocycles. The van der Waals surface area contributed by atoms with Crippen LogP contribution in [0, 0.1) is 0 Å². The molecule has 2 atom stereocenters. The highest BCUT2D eigenvalue weighted by Gasteiger charge is 2.31. The van der Waals surface area contributed by atoms with Crippen molar-refractivity contribution in [1.82, 2.24) is 24.9 Å². The number of nitrogens with zero attached hydrogens (tertiary/aromatic N) is 4. The summed E-state index contributed by atoms with van der Waals surface area (Å²) in [5.41, 5.74) is 1.37. The van der Waals surface area contributed by atoms with Crippen molar-refractivity contribution >= 4 is 5.91 Å². The molecule has 1 N–H and O–H groups in total. The van der Waals surface area contributed by atoms with Crippen LogP contribution in [0.15, 0.2) is 30.3 Å². The molecule has 6 nitrogen and oxygen atoms in total. The minimum absolute atomic E-state index is 0.0291. The lowest BCUT2D eigenvalue weighted by atomic mass is 10.0. The van der Waals surface area contributed by atoms with Gasteiger partial charge in [0.25, 0.3) is 0 Å². The Hall–Kier alpha value is -1.47. The summed E-state index contributed by atoms with van der Waals surface area (Å²) in [7, 11) is 2.24. The van der Waals surface area contributed by atoms with E-state index in [1.54, 1.807) is 0 Å². The van der Waals surface area contributed by atoms with Crippen molar-refractivity contribution in [3.05, 3.63) is 35.9 Å². The molecule has 0 aliphatic carbocycles. The van der Waals surface area contributed by atoms with Gasteiger partial charge in [-0.3, -0.25) is 19.5 Å². The van der Waals surface area contributed by atoms with E-state index in [-0.39, 0.29) is 11.9 Å². The molecular formula is C25H41N5O. The largest absolute Gasteiger partial charge is 0.352 e. The lowest BCUT2D eigenvalue weighted by Crippen LogP contribution is -2.58. The number of piperidine rings is 2. The summed E-state index contributed by atoms with van der Waals surface area (Å²) in [6.45, 7) is 11.8. The Morgan fingerprint density at radius 1 is 1.00 bits per heavy atom. The second kappa shape index (κ2) is 10.9. The molecule has 172 valence electrons. The molecule has 6 heteroatoms. The molecule has 3 aliphatic rings. The maximum Gasteiger partial charge on any atom is 0.237 e. The number of carbonyl (C=O) groups excluding carboxylic acids is 1. The van der Waals surface area contributed by atoms with Crippen LogP contribution in [0.4, 0.5) is 0 Å². The fourth-order valence-electron chi connectivity index (χ4n) is 5.49. The Morgan fingerprint density at radius 3 is 2.39 bits per heavy atom. The second-order valence-electron chi connectivity index (χ2n) is 9.85. The van der Waals surface area contributed by atoms with Crippen molar-refractivity contribution in [2.45, 2.75) is 57.3 Å². The first-order valence-corrected chi connectivity index (χ1v) is 12.3. The number of hydrogen-bond acceptors (Lipinski definition) is 5. The van der Waals surface area contributed by atoms with Crippen LogP contribution in [-0.2, 0) is 11.3 Å². The maximum atomic E-state index is 12.9. The van der Waals surface area contributed by atoms with Gasteiger partial charge in [0.05, 0.1) is 6.04 Å². The fourth-order valence-corrected chi connectivity index (χ4v) is 5.49. The van der Waals surface area contributed by atoms with E-state index in [1.807, 2.05) is 0 Å². The van der Waals surface area contributed by atoms with E-state index in [2.05, 4.69) is 69.2 Å². The zero-order chi connectivity index (χ0) is 21.6. The van der Waals surface area contributed by atoms with Crippen molar-refractivity contribution in [2.75, 3.05) is 59.4 Å². The van der Waals surface area contributed by atoms with E-state index in [9.17, 15) is 4.79 Å². The van der Waals surface area contributed by atoms with Crippen molar-refractivity contribution in [1.29, 1.82) is 0 Å².